The normalized spacial score (nSPS) is 11.3. The van der Waals surface area contributed by atoms with Gasteiger partial charge in [-0.1, -0.05) is 193 Å². The van der Waals surface area contributed by atoms with Crippen LogP contribution in [0.3, 0.4) is 0 Å². The number of amides is 1. The Labute approximate surface area is 256 Å². The van der Waals surface area contributed by atoms with E-state index in [0.717, 1.165) is 18.5 Å². The number of unbranched alkanes of at least 4 members (excludes halogenated alkanes) is 24. The van der Waals surface area contributed by atoms with Crippen LogP contribution in [0.4, 0.5) is 10.5 Å². The standard InChI is InChI=1S/C37H67NOS/c1-3-5-7-9-11-13-15-17-19-21-23-25-27-30-34-31-29-33-36(38-37(39)40)35(34)32-28-26-24-22-20-18-16-14-12-10-8-6-4-2/h29,31,33H,3-28,30,32H2,1-2H3,(H2,38,39,40). The zero-order valence-corrected chi connectivity index (χ0v) is 27.8. The molecule has 0 aromatic heterocycles. The van der Waals surface area contributed by atoms with Crippen molar-refractivity contribution in [2.24, 2.45) is 0 Å². The van der Waals surface area contributed by atoms with Crippen LogP contribution in [0, 0.1) is 0 Å². The maximum atomic E-state index is 11.7. The Morgan fingerprint density at radius 1 is 0.525 bits per heavy atom. The highest BCUT2D eigenvalue weighted by molar-refractivity contribution is 7.96. The van der Waals surface area contributed by atoms with Crippen molar-refractivity contribution < 1.29 is 4.79 Å². The van der Waals surface area contributed by atoms with Gasteiger partial charge in [0.2, 0.25) is 0 Å². The molecular formula is C37H67NOS. The first-order valence-electron chi connectivity index (χ1n) is 17.8. The molecule has 0 unspecified atom stereocenters. The summed E-state index contributed by atoms with van der Waals surface area (Å²) in [6.45, 7) is 4.58. The van der Waals surface area contributed by atoms with Crippen LogP contribution in [0.5, 0.6) is 0 Å². The summed E-state index contributed by atoms with van der Waals surface area (Å²) in [5, 5.41) is 2.73. The topological polar surface area (TPSA) is 29.1 Å². The first-order chi connectivity index (χ1) is 19.7. The third-order valence-electron chi connectivity index (χ3n) is 8.59. The highest BCUT2D eigenvalue weighted by atomic mass is 32.1. The number of benzene rings is 1. The van der Waals surface area contributed by atoms with Crippen LogP contribution in [-0.4, -0.2) is 5.24 Å². The van der Waals surface area contributed by atoms with Crippen molar-refractivity contribution in [3.63, 3.8) is 0 Å². The fourth-order valence-corrected chi connectivity index (χ4v) is 6.17. The predicted octanol–water partition coefficient (Wildman–Crippen LogP) is 13.4. The predicted molar refractivity (Wildman–Crippen MR) is 183 cm³/mol. The number of nitrogens with one attached hydrogen (secondary N) is 1. The van der Waals surface area contributed by atoms with Gasteiger partial charge in [-0.3, -0.25) is 4.79 Å². The van der Waals surface area contributed by atoms with Gasteiger partial charge in [0.05, 0.1) is 0 Å². The van der Waals surface area contributed by atoms with E-state index in [2.05, 4.69) is 50.0 Å². The van der Waals surface area contributed by atoms with Gasteiger partial charge in [-0.25, -0.2) is 0 Å². The Bertz CT molecular complexity index is 703. The average Bonchev–Trinajstić information content (AvgIpc) is 2.94. The minimum atomic E-state index is -0.260. The molecule has 0 saturated heterocycles. The van der Waals surface area contributed by atoms with E-state index in [1.54, 1.807) is 0 Å². The zero-order valence-electron chi connectivity index (χ0n) is 26.9. The lowest BCUT2D eigenvalue weighted by atomic mass is 9.94. The van der Waals surface area contributed by atoms with Crippen molar-refractivity contribution in [2.45, 2.75) is 194 Å². The van der Waals surface area contributed by atoms with Crippen LogP contribution in [0.2, 0.25) is 0 Å². The fourth-order valence-electron chi connectivity index (χ4n) is 6.05. The van der Waals surface area contributed by atoms with Gasteiger partial charge in [0.25, 0.3) is 5.24 Å². The number of rotatable bonds is 29. The molecule has 232 valence electrons. The summed E-state index contributed by atoms with van der Waals surface area (Å²) in [4.78, 5) is 11.7. The van der Waals surface area contributed by atoms with Crippen LogP contribution < -0.4 is 5.32 Å². The van der Waals surface area contributed by atoms with E-state index in [-0.39, 0.29) is 5.24 Å². The van der Waals surface area contributed by atoms with Crippen molar-refractivity contribution >= 4 is 23.6 Å². The molecular weight excluding hydrogens is 506 g/mol. The monoisotopic (exact) mass is 573 g/mol. The van der Waals surface area contributed by atoms with Gasteiger partial charge < -0.3 is 5.32 Å². The Kier molecular flexibility index (Phi) is 26.1. The highest BCUT2D eigenvalue weighted by Gasteiger charge is 2.10. The van der Waals surface area contributed by atoms with Gasteiger partial charge in [0, 0.05) is 5.69 Å². The molecule has 3 heteroatoms. The number of carbonyl (C=O) groups is 1. The van der Waals surface area contributed by atoms with Gasteiger partial charge >= 0.3 is 0 Å². The molecule has 1 aromatic rings. The molecule has 1 rings (SSSR count). The van der Waals surface area contributed by atoms with Crippen LogP contribution in [-0.2, 0) is 12.8 Å². The zero-order chi connectivity index (χ0) is 28.9. The summed E-state index contributed by atoms with van der Waals surface area (Å²) >= 11 is 3.99. The molecule has 1 amide bonds. The Morgan fingerprint density at radius 3 is 1.25 bits per heavy atom. The van der Waals surface area contributed by atoms with Crippen molar-refractivity contribution in [2.75, 3.05) is 5.32 Å². The number of anilines is 1. The highest BCUT2D eigenvalue weighted by Crippen LogP contribution is 2.26. The van der Waals surface area contributed by atoms with Crippen LogP contribution in [0.1, 0.15) is 192 Å². The second-order valence-corrected chi connectivity index (χ2v) is 12.8. The van der Waals surface area contributed by atoms with Gasteiger partial charge in [-0.2, -0.15) is 0 Å². The Hall–Kier alpha value is -0.960. The number of thiol groups is 1. The summed E-state index contributed by atoms with van der Waals surface area (Å²) in [5.41, 5.74) is 3.76. The minimum Gasteiger partial charge on any atom is -0.317 e. The molecule has 1 N–H and O–H groups in total. The molecule has 1 aromatic carbocycles. The van der Waals surface area contributed by atoms with Crippen LogP contribution in [0.15, 0.2) is 18.2 Å². The number of hydrogen-bond acceptors (Lipinski definition) is 1. The smallest absolute Gasteiger partial charge is 0.280 e. The quantitative estimate of drug-likeness (QED) is 0.0724. The maximum Gasteiger partial charge on any atom is 0.280 e. The second kappa shape index (κ2) is 28.2. The number of carbonyl (C=O) groups excluding carboxylic acids is 1. The first kappa shape index (κ1) is 37.1. The molecule has 0 aliphatic rings. The molecule has 40 heavy (non-hydrogen) atoms. The summed E-state index contributed by atoms with van der Waals surface area (Å²) < 4.78 is 0. The summed E-state index contributed by atoms with van der Waals surface area (Å²) in [7, 11) is 0. The molecule has 2 nitrogen and oxygen atoms in total. The SMILES string of the molecule is CCCCCCCCCCCCCCCc1cccc(NC(=O)S)c1CCCCCCCCCCCCCCC. The van der Waals surface area contributed by atoms with Crippen molar-refractivity contribution in [1.82, 2.24) is 0 Å². The molecule has 0 atom stereocenters. The second-order valence-electron chi connectivity index (χ2n) is 12.4. The number of aryl methyl sites for hydroxylation is 1. The van der Waals surface area contributed by atoms with E-state index in [1.807, 2.05) is 0 Å². The van der Waals surface area contributed by atoms with Crippen LogP contribution >= 0.6 is 12.6 Å². The molecule has 0 radical (unpaired) electrons. The lowest BCUT2D eigenvalue weighted by molar-refractivity contribution is 0.270. The van der Waals surface area contributed by atoms with Crippen molar-refractivity contribution in [3.8, 4) is 0 Å². The fraction of sp³-hybridized carbons (Fsp3) is 0.811. The minimum absolute atomic E-state index is 0.260. The maximum absolute atomic E-state index is 11.7. The lowest BCUT2D eigenvalue weighted by Crippen LogP contribution is -2.07. The average molecular weight is 574 g/mol. The van der Waals surface area contributed by atoms with E-state index in [0.29, 0.717) is 0 Å². The van der Waals surface area contributed by atoms with Crippen LogP contribution in [0.25, 0.3) is 0 Å². The molecule has 0 fully saturated rings. The Morgan fingerprint density at radius 2 is 0.875 bits per heavy atom. The molecule has 0 aliphatic carbocycles. The third kappa shape index (κ3) is 21.7. The molecule has 0 aliphatic heterocycles. The van der Waals surface area contributed by atoms with E-state index in [4.69, 9.17) is 0 Å². The van der Waals surface area contributed by atoms with E-state index in [1.165, 1.54) is 178 Å². The van der Waals surface area contributed by atoms with Gasteiger partial charge in [0.1, 0.15) is 0 Å². The van der Waals surface area contributed by atoms with Gasteiger partial charge in [0.15, 0.2) is 0 Å². The largest absolute Gasteiger partial charge is 0.317 e. The van der Waals surface area contributed by atoms with E-state index >= 15 is 0 Å². The molecule has 0 heterocycles. The summed E-state index contributed by atoms with van der Waals surface area (Å²) in [6, 6.07) is 6.44. The first-order valence-corrected chi connectivity index (χ1v) is 18.2. The molecule has 0 bridgehead atoms. The van der Waals surface area contributed by atoms with E-state index < -0.39 is 0 Å². The van der Waals surface area contributed by atoms with Gasteiger partial charge in [-0.05, 0) is 42.9 Å². The summed E-state index contributed by atoms with van der Waals surface area (Å²) in [5.74, 6) is 0. The van der Waals surface area contributed by atoms with Crippen molar-refractivity contribution in [3.05, 3.63) is 29.3 Å². The van der Waals surface area contributed by atoms with Gasteiger partial charge in [-0.15, -0.1) is 0 Å². The third-order valence-corrected chi connectivity index (χ3v) is 8.71. The Balaban J connectivity index is 2.21. The summed E-state index contributed by atoms with van der Waals surface area (Å²) in [6.07, 6.45) is 38.2. The lowest BCUT2D eigenvalue weighted by Gasteiger charge is -2.15. The molecule has 0 spiro atoms. The van der Waals surface area contributed by atoms with E-state index in [9.17, 15) is 4.79 Å². The molecule has 0 saturated carbocycles. The number of hydrogen-bond donors (Lipinski definition) is 2. The van der Waals surface area contributed by atoms with Crippen molar-refractivity contribution in [1.29, 1.82) is 0 Å².